The molecule has 5 nitrogen and oxygen atoms in total. The number of benzene rings is 3. The Morgan fingerprint density at radius 1 is 1.07 bits per heavy atom. The van der Waals surface area contributed by atoms with Crippen molar-refractivity contribution in [2.45, 2.75) is 19.4 Å². The van der Waals surface area contributed by atoms with E-state index in [9.17, 15) is 9.59 Å². The highest BCUT2D eigenvalue weighted by Crippen LogP contribution is 2.28. The van der Waals surface area contributed by atoms with Gasteiger partial charge in [0.15, 0.2) is 0 Å². The number of carbonyl (C=O) groups excluding carboxylic acids is 2. The second-order valence-corrected chi connectivity index (χ2v) is 6.51. The summed E-state index contributed by atoms with van der Waals surface area (Å²) < 4.78 is 4.83. The Hall–Kier alpha value is -3.39. The summed E-state index contributed by atoms with van der Waals surface area (Å²) in [5.74, 6) is -1.29. The van der Waals surface area contributed by atoms with Gasteiger partial charge in [-0.05, 0) is 27.6 Å². The Morgan fingerprint density at radius 2 is 1.63 bits per heavy atom. The van der Waals surface area contributed by atoms with E-state index < -0.39 is 12.0 Å². The van der Waals surface area contributed by atoms with E-state index in [2.05, 4.69) is 5.32 Å². The van der Waals surface area contributed by atoms with Gasteiger partial charge in [-0.3, -0.25) is 4.79 Å². The van der Waals surface area contributed by atoms with Gasteiger partial charge in [-0.15, -0.1) is 0 Å². The van der Waals surface area contributed by atoms with E-state index in [0.717, 1.165) is 21.5 Å². The number of nitriles is 1. The molecule has 0 aliphatic rings. The zero-order valence-corrected chi connectivity index (χ0v) is 15.2. The van der Waals surface area contributed by atoms with Crippen molar-refractivity contribution in [3.05, 3.63) is 60.2 Å². The van der Waals surface area contributed by atoms with Gasteiger partial charge >= 0.3 is 5.97 Å². The Balaban J connectivity index is 2.10. The van der Waals surface area contributed by atoms with Crippen molar-refractivity contribution in [1.82, 2.24) is 5.32 Å². The van der Waals surface area contributed by atoms with E-state index in [1.807, 2.05) is 60.7 Å². The first-order valence-electron chi connectivity index (χ1n) is 8.73. The molecular formula is C22H20N2O3. The third kappa shape index (κ3) is 3.61. The summed E-state index contributed by atoms with van der Waals surface area (Å²) in [6.45, 7) is 1.74. The van der Waals surface area contributed by atoms with E-state index in [0.29, 0.717) is 5.56 Å². The van der Waals surface area contributed by atoms with Gasteiger partial charge in [0.1, 0.15) is 6.04 Å². The van der Waals surface area contributed by atoms with Gasteiger partial charge in [-0.1, -0.05) is 55.5 Å². The number of ether oxygens (including phenoxy) is 1. The quantitative estimate of drug-likeness (QED) is 0.554. The van der Waals surface area contributed by atoms with Crippen LogP contribution in [-0.2, 0) is 9.53 Å². The van der Waals surface area contributed by atoms with Crippen molar-refractivity contribution in [3.63, 3.8) is 0 Å². The molecule has 0 radical (unpaired) electrons. The van der Waals surface area contributed by atoms with Gasteiger partial charge in [-0.25, -0.2) is 4.79 Å². The van der Waals surface area contributed by atoms with Crippen LogP contribution in [0, 0.1) is 17.2 Å². The number of hydrogen-bond donors (Lipinski definition) is 1. The van der Waals surface area contributed by atoms with E-state index in [4.69, 9.17) is 10.00 Å². The lowest BCUT2D eigenvalue weighted by Crippen LogP contribution is -2.45. The van der Waals surface area contributed by atoms with Crippen LogP contribution >= 0.6 is 0 Å². The van der Waals surface area contributed by atoms with E-state index in [1.165, 1.54) is 7.11 Å². The SMILES string of the molecule is COC(=O)[C@H](NC(=O)c1c2ccccc2cc2ccccc12)[C@H](C)CC#N. The van der Waals surface area contributed by atoms with Crippen LogP contribution in [0.2, 0.25) is 0 Å². The Bertz CT molecular complexity index is 998. The lowest BCUT2D eigenvalue weighted by molar-refractivity contribution is -0.144. The van der Waals surface area contributed by atoms with Crippen LogP contribution in [0.3, 0.4) is 0 Å². The average Bonchev–Trinajstić information content (AvgIpc) is 2.69. The van der Waals surface area contributed by atoms with Crippen LogP contribution in [0.4, 0.5) is 0 Å². The monoisotopic (exact) mass is 360 g/mol. The molecule has 3 aromatic rings. The predicted molar refractivity (Wildman–Crippen MR) is 104 cm³/mol. The van der Waals surface area contributed by atoms with E-state index in [-0.39, 0.29) is 18.2 Å². The fraction of sp³-hybridized carbons (Fsp3) is 0.227. The first kappa shape index (κ1) is 18.4. The molecular weight excluding hydrogens is 340 g/mol. The van der Waals surface area contributed by atoms with Crippen LogP contribution in [-0.4, -0.2) is 25.0 Å². The molecule has 0 aliphatic carbocycles. The topological polar surface area (TPSA) is 79.2 Å². The molecule has 0 aliphatic heterocycles. The molecule has 0 bridgehead atoms. The molecule has 3 rings (SSSR count). The Labute approximate surface area is 157 Å². The van der Waals surface area contributed by atoms with Crippen molar-refractivity contribution < 1.29 is 14.3 Å². The number of methoxy groups -OCH3 is 1. The van der Waals surface area contributed by atoms with Gasteiger partial charge in [0.2, 0.25) is 0 Å². The summed E-state index contributed by atoms with van der Waals surface area (Å²) in [6.07, 6.45) is 0.135. The zero-order valence-electron chi connectivity index (χ0n) is 15.2. The third-order valence-electron chi connectivity index (χ3n) is 4.72. The molecule has 136 valence electrons. The normalized spacial score (nSPS) is 12.9. The second-order valence-electron chi connectivity index (χ2n) is 6.51. The molecule has 0 fully saturated rings. The van der Waals surface area contributed by atoms with E-state index in [1.54, 1.807) is 6.92 Å². The first-order valence-corrected chi connectivity index (χ1v) is 8.73. The van der Waals surface area contributed by atoms with E-state index >= 15 is 0 Å². The van der Waals surface area contributed by atoms with Crippen molar-refractivity contribution in [2.75, 3.05) is 7.11 Å². The second kappa shape index (κ2) is 7.88. The van der Waals surface area contributed by atoms with Gasteiger partial charge in [0.25, 0.3) is 5.91 Å². The van der Waals surface area contributed by atoms with Crippen LogP contribution < -0.4 is 5.32 Å². The van der Waals surface area contributed by atoms with Crippen LogP contribution in [0.25, 0.3) is 21.5 Å². The highest BCUT2D eigenvalue weighted by Gasteiger charge is 2.29. The summed E-state index contributed by atoms with van der Waals surface area (Å²) in [5, 5.41) is 15.3. The fourth-order valence-corrected chi connectivity index (χ4v) is 3.29. The molecule has 3 aromatic carbocycles. The Morgan fingerprint density at radius 3 is 2.15 bits per heavy atom. The molecule has 0 spiro atoms. The molecule has 2 atom stereocenters. The highest BCUT2D eigenvalue weighted by atomic mass is 16.5. The molecule has 0 saturated carbocycles. The lowest BCUT2D eigenvalue weighted by Gasteiger charge is -2.22. The maximum absolute atomic E-state index is 13.2. The Kier molecular flexibility index (Phi) is 5.37. The van der Waals surface area contributed by atoms with Gasteiger partial charge < -0.3 is 10.1 Å². The maximum Gasteiger partial charge on any atom is 0.328 e. The van der Waals surface area contributed by atoms with Crippen molar-refractivity contribution in [2.24, 2.45) is 5.92 Å². The van der Waals surface area contributed by atoms with Gasteiger partial charge in [-0.2, -0.15) is 5.26 Å². The van der Waals surface area contributed by atoms with Crippen molar-refractivity contribution in [3.8, 4) is 6.07 Å². The zero-order chi connectivity index (χ0) is 19.4. The number of nitrogens with one attached hydrogen (secondary N) is 1. The number of carbonyl (C=O) groups is 2. The molecule has 1 amide bonds. The molecule has 1 N–H and O–H groups in total. The largest absolute Gasteiger partial charge is 0.467 e. The van der Waals surface area contributed by atoms with Crippen molar-refractivity contribution >= 4 is 33.4 Å². The summed E-state index contributed by atoms with van der Waals surface area (Å²) in [5.41, 5.74) is 0.516. The summed E-state index contributed by atoms with van der Waals surface area (Å²) >= 11 is 0. The summed E-state index contributed by atoms with van der Waals surface area (Å²) in [7, 11) is 1.27. The number of nitrogens with zero attached hydrogens (tertiary/aromatic N) is 1. The third-order valence-corrected chi connectivity index (χ3v) is 4.72. The first-order chi connectivity index (χ1) is 13.1. The predicted octanol–water partition coefficient (Wildman–Crippen LogP) is 3.81. The fourth-order valence-electron chi connectivity index (χ4n) is 3.29. The minimum atomic E-state index is -0.889. The lowest BCUT2D eigenvalue weighted by atomic mass is 9.94. The highest BCUT2D eigenvalue weighted by molar-refractivity contribution is 6.18. The van der Waals surface area contributed by atoms with Crippen molar-refractivity contribution in [1.29, 1.82) is 5.26 Å². The minimum Gasteiger partial charge on any atom is -0.467 e. The maximum atomic E-state index is 13.2. The minimum absolute atomic E-state index is 0.135. The molecule has 0 aromatic heterocycles. The summed E-state index contributed by atoms with van der Waals surface area (Å²) in [6, 6.07) is 18.5. The molecule has 0 heterocycles. The number of esters is 1. The number of amides is 1. The van der Waals surface area contributed by atoms with Crippen LogP contribution in [0.1, 0.15) is 23.7 Å². The standard InChI is InChI=1S/C22H20N2O3/c1-14(11-12-23)20(22(26)27-2)24-21(25)19-17-9-5-3-7-15(17)13-16-8-4-6-10-18(16)19/h3-10,13-14,20H,11H2,1-2H3,(H,24,25)/t14-,20-/m1/s1. The van der Waals surface area contributed by atoms with Gasteiger partial charge in [0, 0.05) is 12.3 Å². The molecule has 5 heteroatoms. The smallest absolute Gasteiger partial charge is 0.328 e. The number of hydrogen-bond acceptors (Lipinski definition) is 4. The number of fused-ring (bicyclic) bond motifs is 2. The van der Waals surface area contributed by atoms with Gasteiger partial charge in [0.05, 0.1) is 18.7 Å². The number of rotatable bonds is 5. The molecule has 0 saturated heterocycles. The molecule has 27 heavy (non-hydrogen) atoms. The van der Waals surface area contributed by atoms with Crippen LogP contribution in [0.15, 0.2) is 54.6 Å². The average molecular weight is 360 g/mol. The molecule has 0 unspecified atom stereocenters. The van der Waals surface area contributed by atoms with Crippen LogP contribution in [0.5, 0.6) is 0 Å². The summed E-state index contributed by atoms with van der Waals surface area (Å²) in [4.78, 5) is 25.4.